The monoisotopic (exact) mass is 404 g/mol. The minimum atomic E-state index is -0.574. The van der Waals surface area contributed by atoms with Crippen LogP contribution in [0.25, 0.3) is 0 Å². The lowest BCUT2D eigenvalue weighted by Crippen LogP contribution is -2.56. The number of aliphatic hydroxyl groups is 2. The van der Waals surface area contributed by atoms with Crippen molar-refractivity contribution in [2.75, 3.05) is 20.5 Å². The molecular weight excluding hydrogens is 372 g/mol. The van der Waals surface area contributed by atoms with Crippen LogP contribution in [0.3, 0.4) is 0 Å². The van der Waals surface area contributed by atoms with Gasteiger partial charge in [-0.05, 0) is 61.5 Å². The Balaban J connectivity index is 1.69. The number of methoxy groups -OCH3 is 1. The van der Waals surface area contributed by atoms with E-state index in [0.717, 1.165) is 31.3 Å². The van der Waals surface area contributed by atoms with Crippen LogP contribution in [0.1, 0.15) is 46.0 Å². The van der Waals surface area contributed by atoms with Crippen molar-refractivity contribution in [3.05, 3.63) is 23.5 Å². The van der Waals surface area contributed by atoms with Crippen molar-refractivity contribution in [3.63, 3.8) is 0 Å². The number of allylic oxidation sites excluding steroid dienone is 3. The topological polar surface area (TPSA) is 93.1 Å². The molecule has 0 heterocycles. The molecule has 0 bridgehead atoms. The van der Waals surface area contributed by atoms with Gasteiger partial charge in [-0.2, -0.15) is 0 Å². The largest absolute Gasteiger partial charge is 0.464 e. The van der Waals surface area contributed by atoms with Gasteiger partial charge in [0.15, 0.2) is 18.3 Å². The molecule has 0 aromatic carbocycles. The van der Waals surface area contributed by atoms with E-state index in [-0.39, 0.29) is 41.5 Å². The molecule has 0 aromatic rings. The van der Waals surface area contributed by atoms with Crippen LogP contribution < -0.4 is 0 Å². The van der Waals surface area contributed by atoms with Crippen molar-refractivity contribution in [1.82, 2.24) is 0 Å². The molecule has 7 atom stereocenters. The Morgan fingerprint density at radius 1 is 1.28 bits per heavy atom. The fourth-order valence-corrected chi connectivity index (χ4v) is 7.27. The molecule has 6 nitrogen and oxygen atoms in total. The van der Waals surface area contributed by atoms with Crippen LogP contribution in [-0.4, -0.2) is 48.4 Å². The van der Waals surface area contributed by atoms with E-state index < -0.39 is 18.1 Å². The SMILES string of the molecule is COCOC1=C[C@@]2(C)C(=CC1=O)CC[C@@H]1[C@@H]2[C@@H](O)C[C@]2(C)[C@@H](C(=O)CO)CC[C@@H]12. The number of carbonyl (C=O) groups is 2. The smallest absolute Gasteiger partial charge is 0.220 e. The van der Waals surface area contributed by atoms with Crippen molar-refractivity contribution in [2.45, 2.75) is 52.1 Å². The zero-order chi connectivity index (χ0) is 21.0. The zero-order valence-electron chi connectivity index (χ0n) is 17.5. The van der Waals surface area contributed by atoms with Gasteiger partial charge in [0.05, 0.1) is 6.10 Å². The van der Waals surface area contributed by atoms with Crippen molar-refractivity contribution in [2.24, 2.45) is 34.5 Å². The number of rotatable bonds is 5. The third kappa shape index (κ3) is 3.03. The van der Waals surface area contributed by atoms with E-state index in [1.807, 2.05) is 6.08 Å². The van der Waals surface area contributed by atoms with E-state index in [4.69, 9.17) is 9.47 Å². The Kier molecular flexibility index (Phi) is 5.24. The Labute approximate surface area is 172 Å². The second kappa shape index (κ2) is 7.33. The molecule has 0 amide bonds. The summed E-state index contributed by atoms with van der Waals surface area (Å²) in [6.07, 6.45) is 7.03. The molecule has 6 heteroatoms. The Bertz CT molecular complexity index is 769. The lowest BCUT2D eigenvalue weighted by molar-refractivity contribution is -0.141. The number of aliphatic hydroxyl groups excluding tert-OH is 2. The lowest BCUT2D eigenvalue weighted by Gasteiger charge is -2.58. The van der Waals surface area contributed by atoms with E-state index >= 15 is 0 Å². The quantitative estimate of drug-likeness (QED) is 0.684. The van der Waals surface area contributed by atoms with Crippen LogP contribution in [0.2, 0.25) is 0 Å². The predicted molar refractivity (Wildman–Crippen MR) is 105 cm³/mol. The van der Waals surface area contributed by atoms with Gasteiger partial charge in [0.2, 0.25) is 5.78 Å². The van der Waals surface area contributed by atoms with E-state index in [1.165, 1.54) is 7.11 Å². The molecule has 0 saturated heterocycles. The summed E-state index contributed by atoms with van der Waals surface area (Å²) in [6, 6.07) is 0. The van der Waals surface area contributed by atoms with Crippen LogP contribution in [-0.2, 0) is 19.1 Å². The van der Waals surface area contributed by atoms with Gasteiger partial charge in [-0.15, -0.1) is 0 Å². The van der Waals surface area contributed by atoms with Crippen LogP contribution in [0.4, 0.5) is 0 Å². The van der Waals surface area contributed by atoms with Gasteiger partial charge < -0.3 is 19.7 Å². The number of Topliss-reactive ketones (excluding diaryl/α,β-unsaturated/α-hetero) is 1. The second-order valence-corrected chi connectivity index (χ2v) is 9.74. The summed E-state index contributed by atoms with van der Waals surface area (Å²) in [5.41, 5.74) is 0.346. The minimum Gasteiger partial charge on any atom is -0.464 e. The van der Waals surface area contributed by atoms with Gasteiger partial charge in [-0.3, -0.25) is 9.59 Å². The third-order valence-electron chi connectivity index (χ3n) is 8.44. The number of ketones is 2. The molecule has 0 aromatic heterocycles. The highest BCUT2D eigenvalue weighted by atomic mass is 16.7. The average molecular weight is 405 g/mol. The second-order valence-electron chi connectivity index (χ2n) is 9.74. The number of hydrogen-bond donors (Lipinski definition) is 2. The molecule has 160 valence electrons. The molecule has 3 saturated carbocycles. The molecule has 0 spiro atoms. The summed E-state index contributed by atoms with van der Waals surface area (Å²) in [5, 5.41) is 20.8. The summed E-state index contributed by atoms with van der Waals surface area (Å²) in [7, 11) is 1.52. The Morgan fingerprint density at radius 3 is 2.72 bits per heavy atom. The van der Waals surface area contributed by atoms with E-state index in [9.17, 15) is 19.8 Å². The molecule has 0 unspecified atom stereocenters. The fraction of sp³-hybridized carbons (Fsp3) is 0.739. The highest BCUT2D eigenvalue weighted by Gasteiger charge is 2.62. The first-order chi connectivity index (χ1) is 13.8. The fourth-order valence-electron chi connectivity index (χ4n) is 7.27. The number of fused-ring (bicyclic) bond motifs is 5. The molecule has 4 aliphatic rings. The number of carbonyl (C=O) groups excluding carboxylic acids is 2. The molecule has 0 radical (unpaired) electrons. The molecule has 4 rings (SSSR count). The number of hydrogen-bond acceptors (Lipinski definition) is 6. The first kappa shape index (κ1) is 20.8. The van der Waals surface area contributed by atoms with Crippen molar-refractivity contribution in [1.29, 1.82) is 0 Å². The summed E-state index contributed by atoms with van der Waals surface area (Å²) >= 11 is 0. The highest BCUT2D eigenvalue weighted by Crippen LogP contribution is 2.66. The third-order valence-corrected chi connectivity index (χ3v) is 8.44. The van der Waals surface area contributed by atoms with Crippen LogP contribution in [0, 0.1) is 34.5 Å². The van der Waals surface area contributed by atoms with Gasteiger partial charge in [0.25, 0.3) is 0 Å². The van der Waals surface area contributed by atoms with Crippen LogP contribution in [0.5, 0.6) is 0 Å². The Morgan fingerprint density at radius 2 is 2.03 bits per heavy atom. The molecule has 3 fully saturated rings. The molecule has 4 aliphatic carbocycles. The maximum absolute atomic E-state index is 12.5. The van der Waals surface area contributed by atoms with Crippen molar-refractivity contribution in [3.8, 4) is 0 Å². The zero-order valence-corrected chi connectivity index (χ0v) is 17.5. The van der Waals surface area contributed by atoms with Gasteiger partial charge in [-0.1, -0.05) is 19.4 Å². The standard InChI is InChI=1S/C23H32O6/c1-22-10-20(29-12-28-3)17(25)8-13(22)4-5-14-15-6-7-16(19(27)11-24)23(15,2)9-18(26)21(14)22/h8,10,14-16,18,21,24,26H,4-7,9,11-12H2,1-3H3/t14-,15-,16+,18-,21+,22-,23-/m0/s1. The Hall–Kier alpha value is -1.50. The first-order valence-electron chi connectivity index (χ1n) is 10.7. The summed E-state index contributed by atoms with van der Waals surface area (Å²) in [4.78, 5) is 24.9. The molecule has 0 aliphatic heterocycles. The van der Waals surface area contributed by atoms with Crippen molar-refractivity contribution < 1.29 is 29.3 Å². The van der Waals surface area contributed by atoms with Crippen LogP contribution >= 0.6 is 0 Å². The average Bonchev–Trinajstić information content (AvgIpc) is 3.02. The maximum Gasteiger partial charge on any atom is 0.220 e. The van der Waals surface area contributed by atoms with E-state index in [1.54, 1.807) is 6.08 Å². The van der Waals surface area contributed by atoms with Gasteiger partial charge in [-0.25, -0.2) is 0 Å². The van der Waals surface area contributed by atoms with Gasteiger partial charge >= 0.3 is 0 Å². The molecular formula is C23H32O6. The number of ether oxygens (including phenoxy) is 2. The van der Waals surface area contributed by atoms with Gasteiger partial charge in [0.1, 0.15) is 6.61 Å². The van der Waals surface area contributed by atoms with E-state index in [2.05, 4.69) is 13.8 Å². The van der Waals surface area contributed by atoms with Crippen LogP contribution in [0.15, 0.2) is 23.5 Å². The van der Waals surface area contributed by atoms with Crippen molar-refractivity contribution >= 4 is 11.6 Å². The lowest BCUT2D eigenvalue weighted by atomic mass is 9.46. The predicted octanol–water partition coefficient (Wildman–Crippen LogP) is 2.39. The summed E-state index contributed by atoms with van der Waals surface area (Å²) in [5.74, 6) is 0.470. The molecule has 29 heavy (non-hydrogen) atoms. The molecule has 2 N–H and O–H groups in total. The maximum atomic E-state index is 12.5. The first-order valence-corrected chi connectivity index (χ1v) is 10.7. The minimum absolute atomic E-state index is 0.0130. The highest BCUT2D eigenvalue weighted by molar-refractivity contribution is 6.04. The van der Waals surface area contributed by atoms with Gasteiger partial charge in [0, 0.05) is 24.4 Å². The summed E-state index contributed by atoms with van der Waals surface area (Å²) < 4.78 is 10.5. The summed E-state index contributed by atoms with van der Waals surface area (Å²) in [6.45, 7) is 3.82. The normalized spacial score (nSPS) is 43.6. The van der Waals surface area contributed by atoms with E-state index in [0.29, 0.717) is 18.1 Å².